The molecular weight excluding hydrogens is 433 g/mol. The first-order valence-electron chi connectivity index (χ1n) is 10.9. The average molecular weight is 458 g/mol. The molecule has 1 aromatic heterocycles. The van der Waals surface area contributed by atoms with Crippen molar-refractivity contribution in [1.29, 1.82) is 0 Å². The Morgan fingerprint density at radius 2 is 1.70 bits per heavy atom. The van der Waals surface area contributed by atoms with E-state index in [-0.39, 0.29) is 11.7 Å². The second-order valence-electron chi connectivity index (χ2n) is 8.21. The van der Waals surface area contributed by atoms with Gasteiger partial charge in [0.1, 0.15) is 5.75 Å². The number of nitrogens with zero attached hydrogens (tertiary/aromatic N) is 2. The molecule has 1 fully saturated rings. The molecule has 0 N–H and O–H groups in total. The van der Waals surface area contributed by atoms with E-state index in [0.29, 0.717) is 23.7 Å². The summed E-state index contributed by atoms with van der Waals surface area (Å²) in [5.41, 5.74) is 4.03. The molecule has 0 amide bonds. The van der Waals surface area contributed by atoms with Gasteiger partial charge in [0.25, 0.3) is 0 Å². The SMILES string of the molecule is COC(=O)c1ccc(Cn2nc(-c3ccc(OC(F)(F)F)cc3)cc2C2CCCCC2)cc1. The first kappa shape index (κ1) is 22.9. The number of carbonyl (C=O) groups excluding carboxylic acids is 1. The van der Waals surface area contributed by atoms with Crippen LogP contribution in [0.4, 0.5) is 13.2 Å². The smallest absolute Gasteiger partial charge is 0.465 e. The van der Waals surface area contributed by atoms with Crippen LogP contribution in [-0.4, -0.2) is 29.2 Å². The number of rotatable bonds is 6. The lowest BCUT2D eigenvalue weighted by Gasteiger charge is -2.22. The van der Waals surface area contributed by atoms with Gasteiger partial charge in [-0.2, -0.15) is 5.10 Å². The number of hydrogen-bond donors (Lipinski definition) is 0. The van der Waals surface area contributed by atoms with Crippen molar-refractivity contribution in [3.63, 3.8) is 0 Å². The summed E-state index contributed by atoms with van der Waals surface area (Å²) in [5.74, 6) is -0.255. The van der Waals surface area contributed by atoms with Crippen molar-refractivity contribution in [1.82, 2.24) is 9.78 Å². The third-order valence-corrected chi connectivity index (χ3v) is 5.93. The van der Waals surface area contributed by atoms with Gasteiger partial charge < -0.3 is 9.47 Å². The van der Waals surface area contributed by atoms with E-state index in [4.69, 9.17) is 9.84 Å². The van der Waals surface area contributed by atoms with Crippen molar-refractivity contribution in [2.24, 2.45) is 0 Å². The Labute approximate surface area is 190 Å². The van der Waals surface area contributed by atoms with E-state index in [2.05, 4.69) is 4.74 Å². The minimum Gasteiger partial charge on any atom is -0.465 e. The van der Waals surface area contributed by atoms with Gasteiger partial charge in [-0.15, -0.1) is 13.2 Å². The van der Waals surface area contributed by atoms with E-state index < -0.39 is 6.36 Å². The lowest BCUT2D eigenvalue weighted by atomic mass is 9.86. The summed E-state index contributed by atoms with van der Waals surface area (Å²) in [5, 5.41) is 4.79. The van der Waals surface area contributed by atoms with E-state index in [1.54, 1.807) is 24.3 Å². The molecule has 1 aliphatic rings. The van der Waals surface area contributed by atoms with Crippen LogP contribution in [0, 0.1) is 0 Å². The van der Waals surface area contributed by atoms with Gasteiger partial charge in [0.15, 0.2) is 0 Å². The number of halogens is 3. The zero-order valence-electron chi connectivity index (χ0n) is 18.3. The molecule has 0 unspecified atom stereocenters. The minimum atomic E-state index is -4.72. The van der Waals surface area contributed by atoms with Crippen molar-refractivity contribution < 1.29 is 27.4 Å². The number of aromatic nitrogens is 2. The number of hydrogen-bond acceptors (Lipinski definition) is 4. The van der Waals surface area contributed by atoms with E-state index >= 15 is 0 Å². The Kier molecular flexibility index (Phi) is 6.72. The van der Waals surface area contributed by atoms with Crippen LogP contribution < -0.4 is 4.74 Å². The molecule has 3 aromatic rings. The molecule has 8 heteroatoms. The third-order valence-electron chi connectivity index (χ3n) is 5.93. The summed E-state index contributed by atoms with van der Waals surface area (Å²) in [7, 11) is 1.35. The fourth-order valence-electron chi connectivity index (χ4n) is 4.29. The van der Waals surface area contributed by atoms with Crippen molar-refractivity contribution in [2.45, 2.75) is 50.9 Å². The fraction of sp³-hybridized carbons (Fsp3) is 0.360. The molecule has 1 heterocycles. The number of ether oxygens (including phenoxy) is 2. The van der Waals surface area contributed by atoms with Crippen LogP contribution in [0.25, 0.3) is 11.3 Å². The van der Waals surface area contributed by atoms with Crippen molar-refractivity contribution >= 4 is 5.97 Å². The van der Waals surface area contributed by atoms with Crippen LogP contribution >= 0.6 is 0 Å². The Morgan fingerprint density at radius 1 is 1.03 bits per heavy atom. The van der Waals surface area contributed by atoms with E-state index in [1.807, 2.05) is 22.9 Å². The molecule has 0 atom stereocenters. The van der Waals surface area contributed by atoms with Gasteiger partial charge in [-0.1, -0.05) is 31.4 Å². The van der Waals surface area contributed by atoms with Crippen LogP contribution in [0.15, 0.2) is 54.6 Å². The van der Waals surface area contributed by atoms with Crippen LogP contribution in [0.2, 0.25) is 0 Å². The van der Waals surface area contributed by atoms with E-state index in [0.717, 1.165) is 29.7 Å². The number of methoxy groups -OCH3 is 1. The predicted octanol–water partition coefficient (Wildman–Crippen LogP) is 6.33. The van der Waals surface area contributed by atoms with Crippen LogP contribution in [0.1, 0.15) is 59.6 Å². The molecule has 0 bridgehead atoms. The summed E-state index contributed by atoms with van der Waals surface area (Å²) < 4.78 is 48.1. The van der Waals surface area contributed by atoms with Gasteiger partial charge >= 0.3 is 12.3 Å². The quantitative estimate of drug-likeness (QED) is 0.405. The first-order valence-corrected chi connectivity index (χ1v) is 10.9. The molecule has 0 spiro atoms. The van der Waals surface area contributed by atoms with Crippen molar-refractivity contribution in [3.8, 4) is 17.0 Å². The zero-order valence-corrected chi connectivity index (χ0v) is 18.3. The lowest BCUT2D eigenvalue weighted by Crippen LogP contribution is -2.16. The van der Waals surface area contributed by atoms with Gasteiger partial charge in [-0.05, 0) is 60.9 Å². The Balaban J connectivity index is 1.61. The summed E-state index contributed by atoms with van der Waals surface area (Å²) in [4.78, 5) is 11.7. The third kappa shape index (κ3) is 5.74. The molecule has 33 heavy (non-hydrogen) atoms. The highest BCUT2D eigenvalue weighted by Crippen LogP contribution is 2.35. The molecule has 1 saturated carbocycles. The number of benzene rings is 2. The summed E-state index contributed by atoms with van der Waals surface area (Å²) in [6.07, 6.45) is 1.02. The molecule has 0 aliphatic heterocycles. The molecule has 5 nitrogen and oxygen atoms in total. The Hall–Kier alpha value is -3.29. The molecule has 4 rings (SSSR count). The highest BCUT2D eigenvalue weighted by atomic mass is 19.4. The average Bonchev–Trinajstić information content (AvgIpc) is 3.23. The molecule has 0 radical (unpaired) electrons. The highest BCUT2D eigenvalue weighted by Gasteiger charge is 2.31. The second-order valence-corrected chi connectivity index (χ2v) is 8.21. The Bertz CT molecular complexity index is 1080. The Morgan fingerprint density at radius 3 is 2.30 bits per heavy atom. The number of carbonyl (C=O) groups is 1. The summed E-state index contributed by atoms with van der Waals surface area (Å²) in [6.45, 7) is 0.530. The molecular formula is C25H25F3N2O3. The van der Waals surface area contributed by atoms with Gasteiger partial charge in [0.2, 0.25) is 0 Å². The lowest BCUT2D eigenvalue weighted by molar-refractivity contribution is -0.274. The fourth-order valence-corrected chi connectivity index (χ4v) is 4.29. The van der Waals surface area contributed by atoms with E-state index in [9.17, 15) is 18.0 Å². The second kappa shape index (κ2) is 9.68. The van der Waals surface area contributed by atoms with Crippen LogP contribution in [0.5, 0.6) is 5.75 Å². The van der Waals surface area contributed by atoms with Gasteiger partial charge in [-0.25, -0.2) is 4.79 Å². The maximum Gasteiger partial charge on any atom is 0.573 e. The van der Waals surface area contributed by atoms with Gasteiger partial charge in [-0.3, -0.25) is 4.68 Å². The molecule has 174 valence electrons. The predicted molar refractivity (Wildman–Crippen MR) is 117 cm³/mol. The standard InChI is InChI=1S/C25H25F3N2O3/c1-32-24(31)20-9-7-17(8-10-20)16-30-23(19-5-3-2-4-6-19)15-22(29-30)18-11-13-21(14-12-18)33-25(26,27)28/h7-15,19H,2-6,16H2,1H3. The summed E-state index contributed by atoms with van der Waals surface area (Å²) in [6, 6.07) is 15.0. The topological polar surface area (TPSA) is 53.4 Å². The largest absolute Gasteiger partial charge is 0.573 e. The molecule has 2 aromatic carbocycles. The monoisotopic (exact) mass is 458 g/mol. The van der Waals surface area contributed by atoms with Crippen LogP contribution in [0.3, 0.4) is 0 Å². The van der Waals surface area contributed by atoms with Crippen LogP contribution in [-0.2, 0) is 11.3 Å². The van der Waals surface area contributed by atoms with Gasteiger partial charge in [0.05, 0.1) is 24.9 Å². The number of esters is 1. The van der Waals surface area contributed by atoms with Gasteiger partial charge in [0, 0.05) is 17.2 Å². The number of alkyl halides is 3. The molecule has 0 saturated heterocycles. The highest BCUT2D eigenvalue weighted by molar-refractivity contribution is 5.89. The van der Waals surface area contributed by atoms with E-state index in [1.165, 1.54) is 38.5 Å². The maximum atomic E-state index is 12.5. The normalized spacial score (nSPS) is 14.8. The van der Waals surface area contributed by atoms with Crippen molar-refractivity contribution in [3.05, 3.63) is 71.4 Å². The first-order chi connectivity index (χ1) is 15.8. The maximum absolute atomic E-state index is 12.5. The van der Waals surface area contributed by atoms with Crippen molar-refractivity contribution in [2.75, 3.05) is 7.11 Å². The molecule has 1 aliphatic carbocycles. The minimum absolute atomic E-state index is 0.260. The summed E-state index contributed by atoms with van der Waals surface area (Å²) >= 11 is 0. The zero-order chi connectivity index (χ0) is 23.4.